The molecule has 0 aliphatic heterocycles. The molecule has 0 aromatic carbocycles. The van der Waals surface area contributed by atoms with Crippen molar-refractivity contribution in [2.45, 2.75) is 51.6 Å². The van der Waals surface area contributed by atoms with E-state index in [9.17, 15) is 13.2 Å². The van der Waals surface area contributed by atoms with Crippen molar-refractivity contribution in [2.75, 3.05) is 11.1 Å². The van der Waals surface area contributed by atoms with Gasteiger partial charge in [-0.2, -0.15) is 8.42 Å². The number of nitrogens with one attached hydrogen (secondary N) is 2. The van der Waals surface area contributed by atoms with E-state index in [1.807, 2.05) is 13.8 Å². The molecule has 150 valence electrons. The molecule has 0 radical (unpaired) electrons. The second kappa shape index (κ2) is 11.4. The number of nitrogens with zero attached hydrogens (tertiary/aromatic N) is 4. The monoisotopic (exact) mass is 418 g/mol. The molecule has 1 saturated carbocycles. The first-order chi connectivity index (χ1) is 12.7. The summed E-state index contributed by atoms with van der Waals surface area (Å²) in [5.74, 6) is -0.641. The molecule has 27 heavy (non-hydrogen) atoms. The van der Waals surface area contributed by atoms with E-state index in [2.05, 4.69) is 30.2 Å². The summed E-state index contributed by atoms with van der Waals surface area (Å²) in [6.45, 7) is 3.74. The van der Waals surface area contributed by atoms with Gasteiger partial charge in [0.2, 0.25) is 0 Å². The molecule has 1 aromatic heterocycles. The number of anilines is 2. The van der Waals surface area contributed by atoms with Gasteiger partial charge < -0.3 is 22.1 Å². The Hall–Kier alpha value is -2.31. The number of nitrogen functional groups attached to an aromatic ring is 1. The molecule has 13 heteroatoms. The van der Waals surface area contributed by atoms with Gasteiger partial charge in [-0.1, -0.05) is 24.4 Å². The third kappa shape index (κ3) is 8.75. The molecule has 6 N–H and O–H groups in total. The number of rotatable bonds is 5. The van der Waals surface area contributed by atoms with Gasteiger partial charge in [0.1, 0.15) is 6.34 Å². The summed E-state index contributed by atoms with van der Waals surface area (Å²) in [7, 11) is -2.70. The summed E-state index contributed by atoms with van der Waals surface area (Å²) in [4.78, 5) is 19.5. The number of halogens is 1. The molecule has 0 bridgehead atoms. The predicted octanol–water partition coefficient (Wildman–Crippen LogP) is 1.16. The lowest BCUT2D eigenvalue weighted by atomic mass is 10.3. The number of nitrogens with two attached hydrogens (primary N) is 2. The van der Waals surface area contributed by atoms with Crippen LogP contribution in [0.4, 0.5) is 11.6 Å². The average Bonchev–Trinajstić information content (AvgIpc) is 3.05. The average molecular weight is 419 g/mol. The highest BCUT2D eigenvalue weighted by atomic mass is 35.5. The second-order valence-electron chi connectivity index (χ2n) is 5.96. The third-order valence-corrected chi connectivity index (χ3v) is 3.78. The van der Waals surface area contributed by atoms with Crippen LogP contribution in [0.1, 0.15) is 50.0 Å². The fourth-order valence-corrected chi connectivity index (χ4v) is 2.44. The Bertz CT molecular complexity index is 799. The molecule has 2 rings (SSSR count). The van der Waals surface area contributed by atoms with Crippen molar-refractivity contribution in [1.82, 2.24) is 15.3 Å². The molecule has 1 amide bonds. The number of carbonyl (C=O) groups is 1. The maximum atomic E-state index is 11.7. The highest BCUT2D eigenvalue weighted by Crippen LogP contribution is 2.21. The largest absolute Gasteiger partial charge is 0.382 e. The number of hydrogen-bond donors (Lipinski definition) is 4. The van der Waals surface area contributed by atoms with Gasteiger partial charge in [0.25, 0.3) is 5.91 Å². The van der Waals surface area contributed by atoms with Gasteiger partial charge in [-0.05, 0) is 31.2 Å². The quantitative estimate of drug-likeness (QED) is 0.312. The standard InChI is InChI=1S/C9H12ClN7O3S.C5H11N/c1-4(2)14-8-6(10)15-5(7(11)16-8)9(18)12-3-13-17-21(19)20;6-5-3-1-2-4-5/h3-4H,1-2H3,(H3,11,14,16)(H,12,13,18);5H,1-4,6H2. The van der Waals surface area contributed by atoms with Crippen LogP contribution < -0.4 is 22.1 Å². The van der Waals surface area contributed by atoms with Gasteiger partial charge in [0.15, 0.2) is 22.5 Å². The van der Waals surface area contributed by atoms with Crippen LogP contribution in [0.5, 0.6) is 0 Å². The molecule has 1 heterocycles. The first kappa shape index (κ1) is 22.7. The number of aromatic nitrogens is 2. The van der Waals surface area contributed by atoms with Crippen LogP contribution in [0.15, 0.2) is 9.57 Å². The lowest BCUT2D eigenvalue weighted by molar-refractivity contribution is 0.0974. The minimum atomic E-state index is -2.70. The lowest BCUT2D eigenvalue weighted by Crippen LogP contribution is -2.25. The summed E-state index contributed by atoms with van der Waals surface area (Å²) in [6.07, 6.45) is 6.02. The van der Waals surface area contributed by atoms with E-state index in [0.29, 0.717) is 6.04 Å². The molecule has 0 atom stereocenters. The zero-order valence-corrected chi connectivity index (χ0v) is 16.6. The molecule has 1 fully saturated rings. The van der Waals surface area contributed by atoms with Crippen molar-refractivity contribution >= 4 is 46.0 Å². The Labute approximate surface area is 163 Å². The third-order valence-electron chi connectivity index (χ3n) is 3.29. The summed E-state index contributed by atoms with van der Waals surface area (Å²) < 4.78 is 22.9. The van der Waals surface area contributed by atoms with Crippen molar-refractivity contribution in [2.24, 2.45) is 15.3 Å². The lowest BCUT2D eigenvalue weighted by Gasteiger charge is -2.12. The van der Waals surface area contributed by atoms with E-state index >= 15 is 0 Å². The normalized spacial score (nSPS) is 14.0. The number of hydrogen-bond acceptors (Lipinski definition) is 9. The summed E-state index contributed by atoms with van der Waals surface area (Å²) in [6, 6.07) is 0.600. The van der Waals surface area contributed by atoms with Crippen LogP contribution in [0.2, 0.25) is 5.15 Å². The smallest absolute Gasteiger partial charge is 0.334 e. The second-order valence-corrected chi connectivity index (χ2v) is 6.91. The summed E-state index contributed by atoms with van der Waals surface area (Å²) in [5, 5.41) is 8.08. The molecule has 0 saturated heterocycles. The van der Waals surface area contributed by atoms with E-state index < -0.39 is 16.4 Å². The summed E-state index contributed by atoms with van der Waals surface area (Å²) >= 11 is 5.89. The van der Waals surface area contributed by atoms with Gasteiger partial charge in [0.05, 0.1) is 0 Å². The molecule has 1 aromatic rings. The Kier molecular flexibility index (Phi) is 9.61. The minimum Gasteiger partial charge on any atom is -0.382 e. The van der Waals surface area contributed by atoms with Crippen molar-refractivity contribution in [3.63, 3.8) is 0 Å². The van der Waals surface area contributed by atoms with Gasteiger partial charge in [-0.3, -0.25) is 4.79 Å². The molecule has 11 nitrogen and oxygen atoms in total. The van der Waals surface area contributed by atoms with Gasteiger partial charge in [-0.25, -0.2) is 9.97 Å². The van der Waals surface area contributed by atoms with Crippen LogP contribution in [0, 0.1) is 0 Å². The van der Waals surface area contributed by atoms with Crippen LogP contribution in [0.3, 0.4) is 0 Å². The number of carbonyl (C=O) groups excluding carboxylic acids is 1. The molecular weight excluding hydrogens is 396 g/mol. The van der Waals surface area contributed by atoms with E-state index in [1.54, 1.807) is 0 Å². The Morgan fingerprint density at radius 1 is 1.33 bits per heavy atom. The highest BCUT2D eigenvalue weighted by molar-refractivity contribution is 7.61. The SMILES string of the molecule is CC(C)Nc1nc(N)c(C(=O)NC=NN=S(=O)=O)nc1Cl.NC1CCCC1. The topological polar surface area (TPSA) is 178 Å². The van der Waals surface area contributed by atoms with E-state index in [0.717, 1.165) is 6.34 Å². The van der Waals surface area contributed by atoms with E-state index in [-0.39, 0.29) is 28.5 Å². The Morgan fingerprint density at radius 3 is 2.44 bits per heavy atom. The van der Waals surface area contributed by atoms with Crippen molar-refractivity contribution in [1.29, 1.82) is 0 Å². The van der Waals surface area contributed by atoms with Crippen molar-refractivity contribution in [3.8, 4) is 0 Å². The van der Waals surface area contributed by atoms with Crippen LogP contribution in [-0.4, -0.2) is 42.7 Å². The Morgan fingerprint density at radius 2 is 1.96 bits per heavy atom. The molecule has 1 aliphatic rings. The number of amides is 1. The highest BCUT2D eigenvalue weighted by Gasteiger charge is 2.16. The van der Waals surface area contributed by atoms with Crippen molar-refractivity contribution < 1.29 is 13.2 Å². The maximum Gasteiger partial charge on any atom is 0.334 e. The fraction of sp³-hybridized carbons (Fsp3) is 0.571. The fourth-order valence-electron chi connectivity index (χ4n) is 2.14. The summed E-state index contributed by atoms with van der Waals surface area (Å²) in [5.41, 5.74) is 10.9. The van der Waals surface area contributed by atoms with Crippen molar-refractivity contribution in [3.05, 3.63) is 10.8 Å². The molecule has 1 aliphatic carbocycles. The molecular formula is C14H23ClN8O3S. The van der Waals surface area contributed by atoms with Gasteiger partial charge in [0, 0.05) is 12.1 Å². The van der Waals surface area contributed by atoms with Gasteiger partial charge in [-0.15, -0.1) is 5.10 Å². The first-order valence-electron chi connectivity index (χ1n) is 8.18. The first-order valence-corrected chi connectivity index (χ1v) is 9.59. The maximum absolute atomic E-state index is 11.7. The van der Waals surface area contributed by atoms with Crippen LogP contribution >= 0.6 is 11.6 Å². The molecule has 0 spiro atoms. The minimum absolute atomic E-state index is 0.0228. The van der Waals surface area contributed by atoms with E-state index in [1.165, 1.54) is 25.7 Å². The zero-order valence-electron chi connectivity index (χ0n) is 15.0. The van der Waals surface area contributed by atoms with E-state index in [4.69, 9.17) is 23.1 Å². The van der Waals surface area contributed by atoms with Crippen LogP contribution in [-0.2, 0) is 10.5 Å². The van der Waals surface area contributed by atoms with Gasteiger partial charge >= 0.3 is 10.5 Å². The molecule has 0 unspecified atom stereocenters. The Balaban J connectivity index is 0.000000511. The predicted molar refractivity (Wildman–Crippen MR) is 104 cm³/mol. The van der Waals surface area contributed by atoms with Crippen LogP contribution in [0.25, 0.3) is 0 Å². The zero-order chi connectivity index (χ0) is 20.4.